The number of sulfone groups is 1. The average Bonchev–Trinajstić information content (AvgIpc) is 3.90. The Hall–Kier alpha value is -4.18. The molecule has 2 aromatic carbocycles. The highest BCUT2D eigenvalue weighted by Gasteiger charge is 2.57. The Bertz CT molecular complexity index is 1950. The van der Waals surface area contributed by atoms with Crippen LogP contribution in [-0.4, -0.2) is 63.4 Å². The summed E-state index contributed by atoms with van der Waals surface area (Å²) in [6.45, 7) is -0.197. The van der Waals surface area contributed by atoms with Crippen LogP contribution in [0.4, 0.5) is 4.79 Å². The lowest BCUT2D eigenvalue weighted by molar-refractivity contribution is -0.140. The zero-order chi connectivity index (χ0) is 31.6. The zero-order valence-electron chi connectivity index (χ0n) is 23.7. The number of halogens is 2. The minimum absolute atomic E-state index is 0.0122. The molecule has 14 heteroatoms. The van der Waals surface area contributed by atoms with Gasteiger partial charge < -0.3 is 19.5 Å². The molecule has 2 saturated carbocycles. The number of alkyl carbamates (subject to hydrolysis) is 1. The highest BCUT2D eigenvalue weighted by atomic mass is 35.5. The van der Waals surface area contributed by atoms with Crippen molar-refractivity contribution in [3.63, 3.8) is 0 Å². The van der Waals surface area contributed by atoms with Gasteiger partial charge in [-0.2, -0.15) is 5.26 Å². The fraction of sp³-hybridized carbons (Fsp3) is 0.323. The van der Waals surface area contributed by atoms with Crippen LogP contribution in [0.5, 0.6) is 0 Å². The Morgan fingerprint density at radius 3 is 2.42 bits per heavy atom. The summed E-state index contributed by atoms with van der Waals surface area (Å²) in [4.78, 5) is 36.6. The number of nitrogens with zero attached hydrogens (tertiary/aromatic N) is 5. The quantitative estimate of drug-likeness (QED) is 0.294. The molecule has 45 heavy (non-hydrogen) atoms. The molecule has 0 radical (unpaired) electrons. The van der Waals surface area contributed by atoms with Gasteiger partial charge in [-0.1, -0.05) is 35.3 Å². The Labute approximate surface area is 269 Å². The first-order valence-corrected chi connectivity index (χ1v) is 16.6. The summed E-state index contributed by atoms with van der Waals surface area (Å²) in [5.74, 6) is -0.328. The maximum atomic E-state index is 14.1. The molecule has 2 atom stereocenters. The van der Waals surface area contributed by atoms with Gasteiger partial charge in [-0.3, -0.25) is 4.79 Å². The van der Waals surface area contributed by atoms with E-state index < -0.39 is 38.4 Å². The number of carbonyl (C=O) groups is 2. The first kappa shape index (κ1) is 29.5. The van der Waals surface area contributed by atoms with E-state index >= 15 is 0 Å². The predicted octanol–water partition coefficient (Wildman–Crippen LogP) is 4.89. The number of fused-ring (bicyclic) bond motifs is 1. The van der Waals surface area contributed by atoms with Crippen LogP contribution in [-0.2, 0) is 24.8 Å². The molecule has 0 bridgehead atoms. The number of amides is 2. The van der Waals surface area contributed by atoms with Gasteiger partial charge >= 0.3 is 6.09 Å². The van der Waals surface area contributed by atoms with Crippen LogP contribution < -0.4 is 5.32 Å². The third-order valence-electron chi connectivity index (χ3n) is 8.85. The lowest BCUT2D eigenvalue weighted by atomic mass is 9.94. The van der Waals surface area contributed by atoms with Crippen LogP contribution in [0.1, 0.15) is 37.7 Å². The molecule has 0 spiro atoms. The number of carbonyl (C=O) groups excluding carboxylic acids is 2. The van der Waals surface area contributed by atoms with Gasteiger partial charge in [-0.05, 0) is 67.6 Å². The van der Waals surface area contributed by atoms with Crippen molar-refractivity contribution in [2.24, 2.45) is 0 Å². The van der Waals surface area contributed by atoms with Crippen LogP contribution in [0.25, 0.3) is 17.1 Å². The topological polar surface area (TPSA) is 147 Å². The molecule has 5 aliphatic rings. The summed E-state index contributed by atoms with van der Waals surface area (Å²) in [5.41, 5.74) is 0.918. The van der Waals surface area contributed by atoms with E-state index in [-0.39, 0.29) is 28.8 Å². The Kier molecular flexibility index (Phi) is 7.03. The van der Waals surface area contributed by atoms with Gasteiger partial charge in [-0.15, -0.1) is 0 Å². The van der Waals surface area contributed by atoms with Crippen LogP contribution in [0.2, 0.25) is 10.0 Å². The first-order valence-electron chi connectivity index (χ1n) is 14.3. The fourth-order valence-corrected chi connectivity index (χ4v) is 8.25. The zero-order valence-corrected chi connectivity index (χ0v) is 26.0. The minimum atomic E-state index is -4.09. The summed E-state index contributed by atoms with van der Waals surface area (Å²) in [5, 5.41) is 11.4. The first-order chi connectivity index (χ1) is 21.5. The van der Waals surface area contributed by atoms with Crippen molar-refractivity contribution < 1.29 is 22.7 Å². The lowest BCUT2D eigenvalue weighted by Gasteiger charge is -2.29. The number of hydrogen-bond acceptors (Lipinski definition) is 8. The molecular weight excluding hydrogens is 639 g/mol. The average molecular weight is 666 g/mol. The normalized spacial score (nSPS) is 21.2. The van der Waals surface area contributed by atoms with E-state index in [1.54, 1.807) is 59.4 Å². The van der Waals surface area contributed by atoms with Gasteiger partial charge in [0.2, 0.25) is 5.91 Å². The van der Waals surface area contributed by atoms with Gasteiger partial charge in [0, 0.05) is 36.1 Å². The molecule has 2 aromatic rings. The molecule has 1 N–H and O–H groups in total. The maximum Gasteiger partial charge on any atom is 0.410 e. The number of pyridine rings is 1. The monoisotopic (exact) mass is 664 g/mol. The van der Waals surface area contributed by atoms with Crippen molar-refractivity contribution >= 4 is 45.0 Å². The second-order valence-electron chi connectivity index (χ2n) is 11.7. The number of imidazole rings is 1. The van der Waals surface area contributed by atoms with Crippen molar-refractivity contribution in [2.75, 3.05) is 6.54 Å². The van der Waals surface area contributed by atoms with Gasteiger partial charge in [-0.25, -0.2) is 23.2 Å². The predicted molar refractivity (Wildman–Crippen MR) is 164 cm³/mol. The molecule has 0 aromatic heterocycles. The van der Waals surface area contributed by atoms with Crippen molar-refractivity contribution in [1.82, 2.24) is 24.8 Å². The van der Waals surface area contributed by atoms with Crippen LogP contribution in [0, 0.1) is 11.3 Å². The Morgan fingerprint density at radius 1 is 1.02 bits per heavy atom. The molecule has 2 amide bonds. The molecule has 1 saturated heterocycles. The molecule has 3 fully saturated rings. The molecule has 230 valence electrons. The third kappa shape index (κ3) is 5.28. The number of ether oxygens (including phenoxy) is 1. The highest BCUT2D eigenvalue weighted by Crippen LogP contribution is 2.51. The van der Waals surface area contributed by atoms with E-state index in [1.165, 1.54) is 17.3 Å². The van der Waals surface area contributed by atoms with E-state index in [1.807, 2.05) is 0 Å². The second kappa shape index (κ2) is 10.7. The second-order valence-corrected chi connectivity index (χ2v) is 14.8. The molecule has 3 heterocycles. The molecule has 11 nitrogen and oxygen atoms in total. The lowest BCUT2D eigenvalue weighted by Crippen LogP contribution is -2.46. The standard InChI is InChI=1S/C31H26Cl2N6O5S/c32-20-3-1-19(2-4-20)31(10-11-31)28(40)39-15-22(14-27(39)44-29(41)37-30(17-34)8-9-30)45(42,43)26-6-5-21(13-23(26)33)38-12-7-24-25(16-38)36-18-35-24/h1-7,12-13,16,18,22,27H,8-11,14-15H2,(H,37,41)/t22-,27+/m1/s1. The van der Waals surface area contributed by atoms with Gasteiger partial charge in [0.15, 0.2) is 16.1 Å². The number of nitriles is 1. The van der Waals surface area contributed by atoms with E-state index in [0.717, 1.165) is 11.3 Å². The molecule has 3 aliphatic heterocycles. The minimum Gasteiger partial charge on any atom is -0.425 e. The molecule has 2 aliphatic carbocycles. The smallest absolute Gasteiger partial charge is 0.410 e. The van der Waals surface area contributed by atoms with Crippen molar-refractivity contribution in [3.05, 3.63) is 82.9 Å². The van der Waals surface area contributed by atoms with Gasteiger partial charge in [0.25, 0.3) is 0 Å². The summed E-state index contributed by atoms with van der Waals surface area (Å²) in [6, 6.07) is 15.5. The number of likely N-dealkylation sites (tertiary alicyclic amines) is 1. The summed E-state index contributed by atoms with van der Waals surface area (Å²) >= 11 is 12.7. The summed E-state index contributed by atoms with van der Waals surface area (Å²) < 4.78 is 35.5. The maximum absolute atomic E-state index is 14.1. The van der Waals surface area contributed by atoms with E-state index in [4.69, 9.17) is 27.9 Å². The molecular formula is C31H26Cl2N6O5S. The molecule has 7 rings (SSSR count). The number of benzene rings is 2. The number of aromatic nitrogens is 3. The van der Waals surface area contributed by atoms with E-state index in [0.29, 0.717) is 42.1 Å². The fourth-order valence-electron chi connectivity index (χ4n) is 5.91. The van der Waals surface area contributed by atoms with Gasteiger partial charge in [0.1, 0.15) is 17.6 Å². The van der Waals surface area contributed by atoms with Crippen LogP contribution in [0.3, 0.4) is 0 Å². The Morgan fingerprint density at radius 2 is 1.76 bits per heavy atom. The summed E-state index contributed by atoms with van der Waals surface area (Å²) in [6.07, 6.45) is 4.90. The van der Waals surface area contributed by atoms with Crippen molar-refractivity contribution in [2.45, 2.75) is 59.4 Å². The van der Waals surface area contributed by atoms with Gasteiger partial charge in [0.05, 0.1) is 32.3 Å². The number of nitrogens with one attached hydrogen (secondary N) is 1. The Balaban J connectivity index is 1.17. The van der Waals surface area contributed by atoms with E-state index in [9.17, 15) is 23.3 Å². The summed E-state index contributed by atoms with van der Waals surface area (Å²) in [7, 11) is -4.09. The third-order valence-corrected chi connectivity index (χ3v) is 11.7. The van der Waals surface area contributed by atoms with Crippen LogP contribution >= 0.6 is 23.2 Å². The highest BCUT2D eigenvalue weighted by molar-refractivity contribution is 7.92. The number of hydrogen-bond donors (Lipinski definition) is 1. The number of rotatable bonds is 7. The SMILES string of the molecule is N#CC1(NC(=O)O[C@H]2C[C@@H](S(=O)(=O)c3ccc(-n4ccc5ncnc-5c4)cc3Cl)CN2C(=O)C2(c3ccc(Cl)cc3)CC2)CC1. The van der Waals surface area contributed by atoms with Crippen LogP contribution in [0.15, 0.2) is 72.1 Å². The van der Waals surface area contributed by atoms with Crippen molar-refractivity contribution in [3.8, 4) is 23.1 Å². The van der Waals surface area contributed by atoms with E-state index in [2.05, 4.69) is 21.4 Å². The largest absolute Gasteiger partial charge is 0.425 e. The van der Waals surface area contributed by atoms with Crippen molar-refractivity contribution in [1.29, 1.82) is 5.26 Å². The molecule has 0 unspecified atom stereocenters.